The van der Waals surface area contributed by atoms with Gasteiger partial charge < -0.3 is 14.5 Å². The van der Waals surface area contributed by atoms with Crippen LogP contribution >= 0.6 is 0 Å². The highest BCUT2D eigenvalue weighted by atomic mass is 16.5. The maximum atomic E-state index is 5.86. The Bertz CT molecular complexity index is 927. The standard InChI is InChI=1S/C22H27N5O/c1-28-20-11-17-14-26(15-22-24-12-18-6-3-5-9-27(18)22)13-16(17)10-19(20)25-21-7-2-4-8-23-21/h2-9,12,16-17,19-20H,10-11,13-15H2,1H3,(H,23,25)/t16-,17+,19-,20-/m1/s1. The average molecular weight is 377 g/mol. The summed E-state index contributed by atoms with van der Waals surface area (Å²) in [5.41, 5.74) is 1.16. The lowest BCUT2D eigenvalue weighted by Crippen LogP contribution is -2.44. The van der Waals surface area contributed by atoms with Gasteiger partial charge in [-0.05, 0) is 48.9 Å². The van der Waals surface area contributed by atoms with Gasteiger partial charge in [0.2, 0.25) is 0 Å². The molecule has 1 aliphatic heterocycles. The van der Waals surface area contributed by atoms with Crippen molar-refractivity contribution in [3.05, 3.63) is 60.8 Å². The fourth-order valence-electron chi connectivity index (χ4n) is 5.01. The molecule has 0 spiro atoms. The minimum absolute atomic E-state index is 0.232. The van der Waals surface area contributed by atoms with E-state index < -0.39 is 0 Å². The van der Waals surface area contributed by atoms with Crippen LogP contribution in [0.2, 0.25) is 0 Å². The van der Waals surface area contributed by atoms with E-state index in [-0.39, 0.29) is 6.10 Å². The Kier molecular flexibility index (Phi) is 4.74. The van der Waals surface area contributed by atoms with Crippen LogP contribution in [0.25, 0.3) is 5.52 Å². The second-order valence-corrected chi connectivity index (χ2v) is 8.10. The van der Waals surface area contributed by atoms with Crippen molar-refractivity contribution in [2.24, 2.45) is 11.8 Å². The molecule has 0 unspecified atom stereocenters. The molecule has 1 saturated heterocycles. The van der Waals surface area contributed by atoms with E-state index in [9.17, 15) is 0 Å². The summed E-state index contributed by atoms with van der Waals surface area (Å²) in [6, 6.07) is 12.6. The first-order valence-electron chi connectivity index (χ1n) is 10.1. The lowest BCUT2D eigenvalue weighted by Gasteiger charge is -2.37. The first-order valence-corrected chi connectivity index (χ1v) is 10.1. The summed E-state index contributed by atoms with van der Waals surface area (Å²) in [4.78, 5) is 11.6. The molecular weight excluding hydrogens is 350 g/mol. The number of hydrogen-bond acceptors (Lipinski definition) is 5. The molecule has 5 rings (SSSR count). The molecule has 2 fully saturated rings. The molecule has 4 atom stereocenters. The summed E-state index contributed by atoms with van der Waals surface area (Å²) in [7, 11) is 1.83. The lowest BCUT2D eigenvalue weighted by atomic mass is 9.77. The zero-order valence-corrected chi connectivity index (χ0v) is 16.2. The van der Waals surface area contributed by atoms with E-state index >= 15 is 0 Å². The van der Waals surface area contributed by atoms with E-state index in [1.807, 2.05) is 37.7 Å². The number of imidazole rings is 1. The molecule has 1 saturated carbocycles. The molecule has 2 aliphatic rings. The molecule has 0 radical (unpaired) electrons. The van der Waals surface area contributed by atoms with Gasteiger partial charge in [-0.15, -0.1) is 0 Å². The molecule has 0 amide bonds. The predicted octanol–water partition coefficient (Wildman–Crippen LogP) is 3.07. The Morgan fingerprint density at radius 2 is 1.93 bits per heavy atom. The van der Waals surface area contributed by atoms with Gasteiger partial charge in [0.1, 0.15) is 11.6 Å². The van der Waals surface area contributed by atoms with Crippen LogP contribution in [0.15, 0.2) is 55.0 Å². The number of nitrogens with one attached hydrogen (secondary N) is 1. The maximum absolute atomic E-state index is 5.86. The van der Waals surface area contributed by atoms with Crippen molar-refractivity contribution in [1.82, 2.24) is 19.3 Å². The van der Waals surface area contributed by atoms with Crippen LogP contribution in [0.5, 0.6) is 0 Å². The molecular formula is C22H27N5O. The van der Waals surface area contributed by atoms with E-state index in [1.54, 1.807) is 0 Å². The van der Waals surface area contributed by atoms with Crippen LogP contribution in [-0.4, -0.2) is 51.6 Å². The molecule has 1 aliphatic carbocycles. The van der Waals surface area contributed by atoms with E-state index in [0.29, 0.717) is 17.9 Å². The Balaban J connectivity index is 1.27. The molecule has 0 bridgehead atoms. The van der Waals surface area contributed by atoms with E-state index in [2.05, 4.69) is 49.0 Å². The number of rotatable bonds is 5. The van der Waals surface area contributed by atoms with Gasteiger partial charge in [-0.1, -0.05) is 12.1 Å². The third-order valence-electron chi connectivity index (χ3n) is 6.37. The smallest absolute Gasteiger partial charge is 0.127 e. The van der Waals surface area contributed by atoms with Crippen LogP contribution in [0.4, 0.5) is 5.82 Å². The van der Waals surface area contributed by atoms with Gasteiger partial charge in [-0.3, -0.25) is 4.90 Å². The summed E-state index contributed by atoms with van der Waals surface area (Å²) in [5.74, 6) is 3.45. The highest BCUT2D eigenvalue weighted by Crippen LogP contribution is 2.38. The number of likely N-dealkylation sites (tertiary alicyclic amines) is 1. The first kappa shape index (κ1) is 17.6. The highest BCUT2D eigenvalue weighted by molar-refractivity contribution is 5.45. The molecule has 28 heavy (non-hydrogen) atoms. The van der Waals surface area contributed by atoms with Crippen LogP contribution in [0.1, 0.15) is 18.7 Å². The van der Waals surface area contributed by atoms with Gasteiger partial charge in [-0.25, -0.2) is 9.97 Å². The van der Waals surface area contributed by atoms with Crippen molar-refractivity contribution in [3.8, 4) is 0 Å². The predicted molar refractivity (Wildman–Crippen MR) is 109 cm³/mol. The monoisotopic (exact) mass is 377 g/mol. The second kappa shape index (κ2) is 7.53. The number of fused-ring (bicyclic) bond motifs is 2. The SMILES string of the molecule is CO[C@@H]1C[C@H]2CN(Cc3ncc4ccccn34)C[C@H]2C[C@H]1Nc1ccccn1. The Hall–Kier alpha value is -2.44. The van der Waals surface area contributed by atoms with Crippen molar-refractivity contribution >= 4 is 11.3 Å². The van der Waals surface area contributed by atoms with Crippen molar-refractivity contribution < 1.29 is 4.74 Å². The van der Waals surface area contributed by atoms with Crippen molar-refractivity contribution in [2.45, 2.75) is 31.5 Å². The summed E-state index contributed by atoms with van der Waals surface area (Å²) in [6.45, 7) is 3.16. The molecule has 1 N–H and O–H groups in total. The zero-order valence-electron chi connectivity index (χ0n) is 16.2. The third-order valence-corrected chi connectivity index (χ3v) is 6.37. The number of anilines is 1. The number of pyridine rings is 2. The number of nitrogens with zero attached hydrogens (tertiary/aromatic N) is 4. The second-order valence-electron chi connectivity index (χ2n) is 8.10. The Morgan fingerprint density at radius 3 is 2.75 bits per heavy atom. The van der Waals surface area contributed by atoms with E-state index in [1.165, 1.54) is 0 Å². The highest BCUT2D eigenvalue weighted by Gasteiger charge is 2.42. The number of ether oxygens (including phenoxy) is 1. The van der Waals surface area contributed by atoms with Gasteiger partial charge in [0.15, 0.2) is 0 Å². The van der Waals surface area contributed by atoms with Crippen LogP contribution < -0.4 is 5.32 Å². The fraction of sp³-hybridized carbons (Fsp3) is 0.455. The van der Waals surface area contributed by atoms with E-state index in [4.69, 9.17) is 4.74 Å². The minimum Gasteiger partial charge on any atom is -0.379 e. The van der Waals surface area contributed by atoms with Gasteiger partial charge in [-0.2, -0.15) is 0 Å². The molecule has 6 heteroatoms. The number of aromatic nitrogens is 3. The normalized spacial score (nSPS) is 27.8. The quantitative estimate of drug-likeness (QED) is 0.741. The van der Waals surface area contributed by atoms with E-state index in [0.717, 1.165) is 49.6 Å². The largest absolute Gasteiger partial charge is 0.379 e. The van der Waals surface area contributed by atoms with Crippen molar-refractivity contribution in [2.75, 3.05) is 25.5 Å². The first-order chi connectivity index (χ1) is 13.8. The average Bonchev–Trinajstić information content (AvgIpc) is 3.32. The van der Waals surface area contributed by atoms with Crippen molar-refractivity contribution in [1.29, 1.82) is 0 Å². The topological polar surface area (TPSA) is 54.7 Å². The number of methoxy groups -OCH3 is 1. The fourth-order valence-corrected chi connectivity index (χ4v) is 5.01. The molecule has 3 aromatic rings. The summed E-state index contributed by atoms with van der Waals surface area (Å²) >= 11 is 0. The van der Waals surface area contributed by atoms with Gasteiger partial charge in [0.05, 0.1) is 30.4 Å². The third kappa shape index (κ3) is 3.38. The minimum atomic E-state index is 0.232. The van der Waals surface area contributed by atoms with Gasteiger partial charge in [0.25, 0.3) is 0 Å². The van der Waals surface area contributed by atoms with Crippen LogP contribution in [0, 0.1) is 11.8 Å². The Labute approximate surface area is 165 Å². The lowest BCUT2D eigenvalue weighted by molar-refractivity contribution is 0.0304. The summed E-state index contributed by atoms with van der Waals surface area (Å²) < 4.78 is 8.06. The number of hydrogen-bond donors (Lipinski definition) is 1. The summed E-state index contributed by atoms with van der Waals surface area (Å²) in [6.07, 6.45) is 8.36. The summed E-state index contributed by atoms with van der Waals surface area (Å²) in [5, 5.41) is 3.61. The van der Waals surface area contributed by atoms with Crippen molar-refractivity contribution in [3.63, 3.8) is 0 Å². The van der Waals surface area contributed by atoms with Gasteiger partial charge in [0, 0.05) is 32.6 Å². The van der Waals surface area contributed by atoms with Crippen LogP contribution in [0.3, 0.4) is 0 Å². The molecule has 6 nitrogen and oxygen atoms in total. The van der Waals surface area contributed by atoms with Crippen LogP contribution in [-0.2, 0) is 11.3 Å². The van der Waals surface area contributed by atoms with Gasteiger partial charge >= 0.3 is 0 Å². The maximum Gasteiger partial charge on any atom is 0.127 e. The molecule has 3 aromatic heterocycles. The molecule has 4 heterocycles. The zero-order chi connectivity index (χ0) is 18.9. The Morgan fingerprint density at radius 1 is 1.07 bits per heavy atom. The molecule has 146 valence electrons. The molecule has 0 aromatic carbocycles.